The van der Waals surface area contributed by atoms with Gasteiger partial charge in [-0.25, -0.2) is 8.60 Å². The van der Waals surface area contributed by atoms with E-state index in [1.807, 2.05) is 46.2 Å². The van der Waals surface area contributed by atoms with Crippen molar-refractivity contribution in [3.05, 3.63) is 157 Å². The zero-order valence-corrected chi connectivity index (χ0v) is 54.3. The third kappa shape index (κ3) is 44.2. The zero-order chi connectivity index (χ0) is 62.8. The zero-order valence-electron chi connectivity index (χ0n) is 44.4. The van der Waals surface area contributed by atoms with Crippen molar-refractivity contribution in [3.8, 4) is 12.0 Å². The van der Waals surface area contributed by atoms with Crippen LogP contribution in [0.1, 0.15) is 14.9 Å². The Kier molecular flexibility index (Phi) is 59.6. The molecule has 0 spiro atoms. The van der Waals surface area contributed by atoms with Crippen LogP contribution >= 0.6 is 137 Å². The lowest BCUT2D eigenvalue weighted by atomic mass is 10.2. The minimum absolute atomic E-state index is 0. The number of nitrogens with zero attached hydrogens (tertiary/aromatic N) is 8. The summed E-state index contributed by atoms with van der Waals surface area (Å²) in [6.07, 6.45) is 1.63. The van der Waals surface area contributed by atoms with Gasteiger partial charge in [0.05, 0.1) is 14.8 Å². The molecule has 85 heavy (non-hydrogen) atoms. The van der Waals surface area contributed by atoms with Crippen LogP contribution in [0.2, 0.25) is 0 Å². The van der Waals surface area contributed by atoms with Gasteiger partial charge in [-0.2, -0.15) is 0 Å². The SMILES string of the molecule is C.C.ClCCNCCCl.N#COc1ccc(N(CCCl)CCCl)cc1.Nc1ccc(N(CCCl)CCCl)cc1.O=S(Cl)Cl.O=[N+]([O-])c1ccc(F)cc1.O=[N+]([O-])c1ccc(N(CCCl)CCCl)cc1.O=[N+]([O-])c1ccc(N(CCCl)CCCl)cc1. The van der Waals surface area contributed by atoms with Crippen LogP contribution in [0.5, 0.6) is 5.75 Å². The Morgan fingerprint density at radius 2 is 0.682 bits per heavy atom. The Bertz CT molecular complexity index is 2420. The number of nitro groups is 3. The molecule has 0 atom stereocenters. The summed E-state index contributed by atoms with van der Waals surface area (Å²) >= 11 is 56.2. The van der Waals surface area contributed by atoms with Gasteiger partial charge >= 0.3 is 0 Å². The Hall–Kier alpha value is -3.89. The smallest absolute Gasteiger partial charge is 0.292 e. The van der Waals surface area contributed by atoms with Gasteiger partial charge in [0.1, 0.15) is 11.6 Å². The van der Waals surface area contributed by atoms with Crippen molar-refractivity contribution in [2.45, 2.75) is 14.9 Å². The molecule has 0 bridgehead atoms. The average molecular weight is 1450 g/mol. The molecule has 0 aliphatic heterocycles. The summed E-state index contributed by atoms with van der Waals surface area (Å²) in [4.78, 5) is 37.8. The second kappa shape index (κ2) is 57.8. The molecular weight excluding hydrogens is 1380 g/mol. The number of nitrogens with two attached hydrogens (primary N) is 1. The normalized spacial score (nSPS) is 9.56. The van der Waals surface area contributed by atoms with Crippen LogP contribution in [0.3, 0.4) is 0 Å². The lowest BCUT2D eigenvalue weighted by Gasteiger charge is -2.22. The van der Waals surface area contributed by atoms with E-state index in [1.165, 1.54) is 24.3 Å². The van der Waals surface area contributed by atoms with Gasteiger partial charge in [0.2, 0.25) is 9.23 Å². The van der Waals surface area contributed by atoms with Crippen LogP contribution in [0, 0.1) is 47.7 Å². The third-order valence-electron chi connectivity index (χ3n) is 9.89. The minimum Gasteiger partial charge on any atom is -0.399 e. The second-order valence-electron chi connectivity index (χ2n) is 15.3. The van der Waals surface area contributed by atoms with Crippen LogP contribution in [-0.2, 0) is 9.23 Å². The maximum absolute atomic E-state index is 12.1. The van der Waals surface area contributed by atoms with Crippen LogP contribution < -0.4 is 35.4 Å². The first kappa shape index (κ1) is 87.5. The molecule has 5 aromatic carbocycles. The molecule has 3 N–H and O–H groups in total. The highest BCUT2D eigenvalue weighted by Crippen LogP contribution is 2.22. The Morgan fingerprint density at radius 1 is 0.459 bits per heavy atom. The number of non-ortho nitro benzene ring substituents is 3. The lowest BCUT2D eigenvalue weighted by Crippen LogP contribution is -2.27. The fraction of sp³-hybridized carbons (Fsp3) is 0.415. The second-order valence-corrected chi connectivity index (χ2v) is 21.6. The molecule has 0 unspecified atom stereocenters. The van der Waals surface area contributed by atoms with Crippen molar-refractivity contribution in [1.82, 2.24) is 5.32 Å². The summed E-state index contributed by atoms with van der Waals surface area (Å²) in [5.74, 6) is 5.66. The van der Waals surface area contributed by atoms with Gasteiger partial charge in [0.15, 0.2) is 0 Å². The molecule has 0 saturated heterocycles. The maximum Gasteiger partial charge on any atom is 0.292 e. The highest BCUT2D eigenvalue weighted by Gasteiger charge is 2.11. The van der Waals surface area contributed by atoms with E-state index in [-0.39, 0.29) is 31.9 Å². The number of benzene rings is 5. The molecule has 32 heteroatoms. The molecule has 0 heterocycles. The molecule has 0 fully saturated rings. The van der Waals surface area contributed by atoms with Gasteiger partial charge < -0.3 is 35.4 Å². The highest BCUT2D eigenvalue weighted by atomic mass is 36.0. The molecule has 0 aliphatic carbocycles. The molecular formula is C53H71Cl12FN10O8S. The fourth-order valence-electron chi connectivity index (χ4n) is 6.15. The van der Waals surface area contributed by atoms with Crippen molar-refractivity contribution in [1.29, 1.82) is 5.26 Å². The summed E-state index contributed by atoms with van der Waals surface area (Å²) in [5, 5.41) is 42.3. The van der Waals surface area contributed by atoms with E-state index < -0.39 is 29.8 Å². The standard InChI is InChI=1S/C11H12Cl2N2O.2C10H12Cl2N2O2.C10H14Cl2N2.C6H4FNO2.C4H9Cl2N.2CH4.Cl2OS/c12-5-7-15(8-6-13)10-1-3-11(4-2-10)16-9-14;2*11-5-7-13(8-6-12)9-1-3-10(4-2-9)14(15)16;11-5-7-14(8-6-12)10-3-1-9(13)2-4-10;7-5-1-3-6(4-2-5)8(9)10;5-1-3-7-4-2-6;;;1-4(2)3/h3*1-4H,5-8H2;1-4H,5-8,13H2;1-4H;7H,1-4H2;2*1H4;. The van der Waals surface area contributed by atoms with Gasteiger partial charge in [0, 0.05) is 210 Å². The molecule has 0 amide bonds. The lowest BCUT2D eigenvalue weighted by molar-refractivity contribution is -0.385. The first-order valence-corrected chi connectivity index (χ1v) is 32.4. The van der Waals surface area contributed by atoms with E-state index in [0.29, 0.717) is 90.7 Å². The summed E-state index contributed by atoms with van der Waals surface area (Å²) in [5.41, 5.74) is 10.4. The first-order valence-electron chi connectivity index (χ1n) is 24.3. The number of hydrogen-bond donors (Lipinski definition) is 2. The number of rotatable bonds is 28. The third-order valence-corrected chi connectivity index (χ3v) is 11.6. The van der Waals surface area contributed by atoms with Crippen LogP contribution in [0.25, 0.3) is 0 Å². The van der Waals surface area contributed by atoms with Gasteiger partial charge in [-0.15, -0.1) is 121 Å². The topological polar surface area (TPSA) is 231 Å². The number of nitrogens with one attached hydrogen (secondary N) is 1. The molecule has 0 aromatic heterocycles. The summed E-state index contributed by atoms with van der Waals surface area (Å²) in [6.45, 7) is 7.49. The Morgan fingerprint density at radius 3 is 0.894 bits per heavy atom. The highest BCUT2D eigenvalue weighted by molar-refractivity contribution is 8.26. The van der Waals surface area contributed by atoms with Crippen LogP contribution in [0.15, 0.2) is 121 Å². The Labute approximate surface area is 560 Å². The predicted molar refractivity (Wildman–Crippen MR) is 365 cm³/mol. The monoisotopic (exact) mass is 1450 g/mol. The van der Waals surface area contributed by atoms with E-state index in [2.05, 4.69) is 36.5 Å². The van der Waals surface area contributed by atoms with Gasteiger partial charge in [0.25, 0.3) is 23.3 Å². The van der Waals surface area contributed by atoms with E-state index in [0.717, 1.165) is 92.0 Å². The predicted octanol–water partition coefficient (Wildman–Crippen LogP) is 16.2. The fourth-order valence-corrected chi connectivity index (χ4v) is 8.05. The van der Waals surface area contributed by atoms with E-state index >= 15 is 0 Å². The summed E-state index contributed by atoms with van der Waals surface area (Å²) in [6, 6.07) is 32.0. The van der Waals surface area contributed by atoms with E-state index in [1.54, 1.807) is 42.7 Å². The summed E-state index contributed by atoms with van der Waals surface area (Å²) in [7, 11) is 7.36. The molecule has 0 aliphatic rings. The number of alkyl halides is 10. The number of halogens is 13. The first-order chi connectivity index (χ1) is 39.8. The molecule has 0 saturated carbocycles. The minimum atomic E-state index is -1.67. The number of hydrogen-bond acceptors (Lipinski definition) is 15. The van der Waals surface area contributed by atoms with Crippen molar-refractivity contribution < 1.29 is 28.1 Å². The number of ether oxygens (including phenoxy) is 1. The van der Waals surface area contributed by atoms with Crippen molar-refractivity contribution in [2.75, 3.05) is 150 Å². The van der Waals surface area contributed by atoms with E-state index in [4.69, 9.17) is 136 Å². The maximum atomic E-state index is 12.1. The summed E-state index contributed by atoms with van der Waals surface area (Å²) < 4.78 is 25.9. The van der Waals surface area contributed by atoms with Gasteiger partial charge in [-0.1, -0.05) is 14.9 Å². The van der Waals surface area contributed by atoms with E-state index in [9.17, 15) is 34.7 Å². The molecule has 5 rings (SSSR count). The number of nitrogen functional groups attached to an aromatic ring is 1. The molecule has 18 nitrogen and oxygen atoms in total. The molecule has 0 radical (unpaired) electrons. The van der Waals surface area contributed by atoms with Crippen molar-refractivity contribution in [3.63, 3.8) is 0 Å². The van der Waals surface area contributed by atoms with Gasteiger partial charge in [-0.05, 0) is 84.9 Å². The van der Waals surface area contributed by atoms with Crippen molar-refractivity contribution >= 4 is 192 Å². The van der Waals surface area contributed by atoms with Crippen molar-refractivity contribution in [2.24, 2.45) is 0 Å². The van der Waals surface area contributed by atoms with Gasteiger partial charge in [-0.3, -0.25) is 30.3 Å². The number of nitro benzene ring substituents is 3. The Balaban J connectivity index is -0.000000462. The quantitative estimate of drug-likeness (QED) is 0.00902. The molecule has 478 valence electrons. The van der Waals surface area contributed by atoms with Crippen LogP contribution in [0.4, 0.5) is 49.9 Å². The number of nitriles is 1. The largest absolute Gasteiger partial charge is 0.399 e. The number of anilines is 5. The molecule has 5 aromatic rings. The average Bonchev–Trinajstić information content (AvgIpc) is 3.55. The van der Waals surface area contributed by atoms with Crippen LogP contribution in [-0.4, -0.2) is 143 Å².